The van der Waals surface area contributed by atoms with Crippen molar-refractivity contribution in [1.29, 1.82) is 0 Å². The van der Waals surface area contributed by atoms with Crippen LogP contribution in [0.2, 0.25) is 5.02 Å². The van der Waals surface area contributed by atoms with Crippen molar-refractivity contribution in [2.75, 3.05) is 61.9 Å². The van der Waals surface area contributed by atoms with E-state index in [1.807, 2.05) is 47.4 Å². The summed E-state index contributed by atoms with van der Waals surface area (Å²) < 4.78 is 22.0. The van der Waals surface area contributed by atoms with Crippen LogP contribution in [0.3, 0.4) is 0 Å². The molecule has 3 aromatic rings. The van der Waals surface area contributed by atoms with E-state index in [-0.39, 0.29) is 12.4 Å². The molecule has 0 amide bonds. The van der Waals surface area contributed by atoms with Crippen LogP contribution in [0.15, 0.2) is 71.8 Å². The zero-order valence-electron chi connectivity index (χ0n) is 22.2. The van der Waals surface area contributed by atoms with Crippen LogP contribution in [0.5, 0.6) is 11.5 Å². The number of rotatable bonds is 8. The molecule has 0 aliphatic carbocycles. The van der Waals surface area contributed by atoms with Crippen LogP contribution >= 0.6 is 11.6 Å². The van der Waals surface area contributed by atoms with Crippen LogP contribution in [0.1, 0.15) is 18.7 Å². The third-order valence-corrected chi connectivity index (χ3v) is 6.92. The molecule has 9 nitrogen and oxygen atoms in total. The second-order valence-electron chi connectivity index (χ2n) is 8.94. The Bertz CT molecular complexity index is 1330. The van der Waals surface area contributed by atoms with Crippen molar-refractivity contribution in [3.05, 3.63) is 77.3 Å². The van der Waals surface area contributed by atoms with Crippen LogP contribution < -0.4 is 24.3 Å². The largest absolute Gasteiger partial charge is 0.493 e. The summed E-state index contributed by atoms with van der Waals surface area (Å²) in [4.78, 5) is 17.4. The van der Waals surface area contributed by atoms with E-state index in [1.54, 1.807) is 38.3 Å². The smallest absolute Gasteiger partial charge is 0.376 e. The first kappa shape index (κ1) is 26.6. The number of carbonyl (C=O) groups excluding carboxylic acids is 1. The lowest BCUT2D eigenvalue weighted by atomic mass is 10.1. The van der Waals surface area contributed by atoms with E-state index >= 15 is 0 Å². The molecule has 0 saturated carbocycles. The first-order valence-electron chi connectivity index (χ1n) is 12.8. The Labute approximate surface area is 233 Å². The number of nitrogens with zero attached hydrogens (tertiary/aromatic N) is 4. The maximum Gasteiger partial charge on any atom is 0.376 e. The number of anilines is 3. The molecule has 39 heavy (non-hydrogen) atoms. The highest BCUT2D eigenvalue weighted by Gasteiger charge is 2.41. The van der Waals surface area contributed by atoms with Gasteiger partial charge in [-0.15, -0.1) is 5.10 Å². The van der Waals surface area contributed by atoms with Gasteiger partial charge < -0.3 is 23.8 Å². The highest BCUT2D eigenvalue weighted by molar-refractivity contribution is 6.42. The number of halogens is 1. The molecular weight excluding hydrogens is 520 g/mol. The van der Waals surface area contributed by atoms with Gasteiger partial charge in [-0.05, 0) is 67.6 Å². The standard InChI is InChI=1S/C29H31ClN4O5/c1-4-39-29(35)27-31-34(24-8-6-21(30)7-9-24)28(20-5-14-25(36-2)26(19-20)37-3)33(27)23-12-10-22(11-13-23)32-15-17-38-18-16-32/h5-14,19,28H,4,15-18H2,1-3H3. The molecule has 0 aromatic heterocycles. The number of morpholine rings is 1. The summed E-state index contributed by atoms with van der Waals surface area (Å²) in [5.41, 5.74) is 3.47. The second kappa shape index (κ2) is 11.8. The summed E-state index contributed by atoms with van der Waals surface area (Å²) in [5.74, 6) is 0.825. The van der Waals surface area contributed by atoms with Gasteiger partial charge in [-0.2, -0.15) is 0 Å². The quantitative estimate of drug-likeness (QED) is 0.359. The lowest BCUT2D eigenvalue weighted by Crippen LogP contribution is -2.39. The Balaban J connectivity index is 1.62. The topological polar surface area (TPSA) is 76.1 Å². The molecule has 1 atom stereocenters. The Morgan fingerprint density at radius 2 is 1.56 bits per heavy atom. The summed E-state index contributed by atoms with van der Waals surface area (Å²) in [6, 6.07) is 21.1. The molecule has 0 N–H and O–H groups in total. The van der Waals surface area contributed by atoms with Crippen molar-refractivity contribution < 1.29 is 23.7 Å². The van der Waals surface area contributed by atoms with Gasteiger partial charge in [0.2, 0.25) is 5.84 Å². The van der Waals surface area contributed by atoms with E-state index in [0.717, 1.165) is 35.7 Å². The summed E-state index contributed by atoms with van der Waals surface area (Å²) >= 11 is 6.19. The number of hydrazone groups is 1. The molecule has 3 aromatic carbocycles. The van der Waals surface area contributed by atoms with Gasteiger partial charge in [0.05, 0.1) is 39.7 Å². The Morgan fingerprint density at radius 3 is 2.21 bits per heavy atom. The van der Waals surface area contributed by atoms with Crippen molar-refractivity contribution in [3.63, 3.8) is 0 Å². The van der Waals surface area contributed by atoms with Crippen molar-refractivity contribution in [2.45, 2.75) is 13.1 Å². The van der Waals surface area contributed by atoms with Gasteiger partial charge in [0, 0.05) is 35.1 Å². The monoisotopic (exact) mass is 550 g/mol. The summed E-state index contributed by atoms with van der Waals surface area (Å²) in [5, 5.41) is 7.19. The summed E-state index contributed by atoms with van der Waals surface area (Å²) in [6.45, 7) is 5.06. The van der Waals surface area contributed by atoms with Gasteiger partial charge in [0.15, 0.2) is 17.7 Å². The molecule has 2 aliphatic rings. The molecule has 1 unspecified atom stereocenters. The highest BCUT2D eigenvalue weighted by atomic mass is 35.5. The van der Waals surface area contributed by atoms with Gasteiger partial charge in [0.25, 0.3) is 0 Å². The molecule has 2 heterocycles. The van der Waals surface area contributed by atoms with Crippen molar-refractivity contribution in [2.24, 2.45) is 5.10 Å². The molecule has 204 valence electrons. The average molecular weight is 551 g/mol. The number of esters is 1. The first-order valence-corrected chi connectivity index (χ1v) is 13.2. The van der Waals surface area contributed by atoms with Crippen LogP contribution in [0.4, 0.5) is 17.1 Å². The normalized spacial score (nSPS) is 17.2. The number of hydrogen-bond donors (Lipinski definition) is 0. The minimum absolute atomic E-state index is 0.172. The van der Waals surface area contributed by atoms with Crippen LogP contribution in [-0.4, -0.2) is 58.9 Å². The molecule has 5 rings (SSSR count). The maximum atomic E-state index is 13.3. The van der Waals surface area contributed by atoms with Gasteiger partial charge in [-0.1, -0.05) is 17.7 Å². The van der Waals surface area contributed by atoms with E-state index in [9.17, 15) is 4.79 Å². The van der Waals surface area contributed by atoms with Crippen LogP contribution in [0.25, 0.3) is 0 Å². The van der Waals surface area contributed by atoms with E-state index < -0.39 is 12.1 Å². The molecule has 0 spiro atoms. The highest BCUT2D eigenvalue weighted by Crippen LogP contribution is 2.42. The maximum absolute atomic E-state index is 13.3. The van der Waals surface area contributed by atoms with Gasteiger partial charge >= 0.3 is 5.97 Å². The molecule has 1 fully saturated rings. The first-order chi connectivity index (χ1) is 19.0. The zero-order valence-corrected chi connectivity index (χ0v) is 22.9. The molecule has 0 bridgehead atoms. The van der Waals surface area contributed by atoms with E-state index in [0.29, 0.717) is 29.7 Å². The van der Waals surface area contributed by atoms with E-state index in [4.69, 9.17) is 35.6 Å². The fraction of sp³-hybridized carbons (Fsp3) is 0.310. The zero-order chi connectivity index (χ0) is 27.4. The van der Waals surface area contributed by atoms with Gasteiger partial charge in [-0.3, -0.25) is 4.90 Å². The SMILES string of the molecule is CCOC(=O)C1=NN(c2ccc(Cl)cc2)C(c2ccc(OC)c(OC)c2)N1c1ccc(N2CCOCC2)cc1. The van der Waals surface area contributed by atoms with Crippen molar-refractivity contribution in [3.8, 4) is 11.5 Å². The van der Waals surface area contributed by atoms with E-state index in [1.165, 1.54) is 0 Å². The average Bonchev–Trinajstić information content (AvgIpc) is 3.38. The molecular formula is C29H31ClN4O5. The number of methoxy groups -OCH3 is 2. The fourth-order valence-electron chi connectivity index (χ4n) is 4.77. The molecule has 1 saturated heterocycles. The number of benzene rings is 3. The second-order valence-corrected chi connectivity index (χ2v) is 9.38. The minimum Gasteiger partial charge on any atom is -0.493 e. The Morgan fingerprint density at radius 1 is 0.923 bits per heavy atom. The lowest BCUT2D eigenvalue weighted by Gasteiger charge is -2.33. The molecule has 0 radical (unpaired) electrons. The predicted octanol–water partition coefficient (Wildman–Crippen LogP) is 5.10. The molecule has 2 aliphatic heterocycles. The molecule has 10 heteroatoms. The fourth-order valence-corrected chi connectivity index (χ4v) is 4.90. The van der Waals surface area contributed by atoms with E-state index in [2.05, 4.69) is 17.0 Å². The number of hydrogen-bond acceptors (Lipinski definition) is 9. The van der Waals surface area contributed by atoms with Crippen molar-refractivity contribution >= 4 is 40.5 Å². The number of carbonyl (C=O) groups is 1. The third kappa shape index (κ3) is 5.46. The third-order valence-electron chi connectivity index (χ3n) is 6.67. The van der Waals surface area contributed by atoms with Gasteiger partial charge in [0.1, 0.15) is 0 Å². The predicted molar refractivity (Wildman–Crippen MR) is 152 cm³/mol. The Kier molecular flexibility index (Phi) is 8.09. The Hall–Kier alpha value is -3.95. The summed E-state index contributed by atoms with van der Waals surface area (Å²) in [6.07, 6.45) is -0.528. The van der Waals surface area contributed by atoms with Crippen LogP contribution in [0, 0.1) is 0 Å². The van der Waals surface area contributed by atoms with Crippen molar-refractivity contribution in [1.82, 2.24) is 0 Å². The lowest BCUT2D eigenvalue weighted by molar-refractivity contribution is -0.135. The van der Waals surface area contributed by atoms with Gasteiger partial charge in [-0.25, -0.2) is 9.80 Å². The van der Waals surface area contributed by atoms with Crippen LogP contribution in [-0.2, 0) is 14.3 Å². The number of amidine groups is 1. The summed E-state index contributed by atoms with van der Waals surface area (Å²) in [7, 11) is 3.19. The number of ether oxygens (including phenoxy) is 4. The minimum atomic E-state index is -0.528.